The van der Waals surface area contributed by atoms with E-state index >= 15 is 0 Å². The van der Waals surface area contributed by atoms with Gasteiger partial charge in [0.1, 0.15) is 0 Å². The van der Waals surface area contributed by atoms with Gasteiger partial charge in [0.25, 0.3) is 0 Å². The Hall–Kier alpha value is -1.02. The van der Waals surface area contributed by atoms with Crippen molar-refractivity contribution in [2.24, 2.45) is 5.41 Å². The van der Waals surface area contributed by atoms with Crippen LogP contribution < -0.4 is 10.6 Å². The van der Waals surface area contributed by atoms with Crippen LogP contribution in [0.1, 0.15) is 26.3 Å². The summed E-state index contributed by atoms with van der Waals surface area (Å²) in [4.78, 5) is 0. The van der Waals surface area contributed by atoms with Gasteiger partial charge in [0.15, 0.2) is 0 Å². The average molecular weight is 218 g/mol. The van der Waals surface area contributed by atoms with E-state index in [1.165, 1.54) is 11.3 Å². The number of hydrogen-bond acceptors (Lipinski definition) is 2. The van der Waals surface area contributed by atoms with Gasteiger partial charge < -0.3 is 10.6 Å². The van der Waals surface area contributed by atoms with Crippen molar-refractivity contribution >= 4 is 5.69 Å². The predicted octanol–water partition coefficient (Wildman–Crippen LogP) is 2.66. The maximum absolute atomic E-state index is 3.56. The quantitative estimate of drug-likeness (QED) is 0.815. The topological polar surface area (TPSA) is 24.1 Å². The Morgan fingerprint density at radius 2 is 2.06 bits per heavy atom. The number of benzene rings is 1. The smallest absolute Gasteiger partial charge is 0.0427 e. The number of fused-ring (bicyclic) bond motifs is 1. The minimum Gasteiger partial charge on any atom is -0.380 e. The van der Waals surface area contributed by atoms with Crippen LogP contribution >= 0.6 is 0 Å². The van der Waals surface area contributed by atoms with E-state index in [9.17, 15) is 0 Å². The van der Waals surface area contributed by atoms with Crippen LogP contribution in [0, 0.1) is 5.41 Å². The molecule has 0 saturated carbocycles. The molecule has 0 spiro atoms. The van der Waals surface area contributed by atoms with Gasteiger partial charge in [0.2, 0.25) is 0 Å². The van der Waals surface area contributed by atoms with Gasteiger partial charge in [-0.15, -0.1) is 0 Å². The van der Waals surface area contributed by atoms with Crippen LogP contribution in [-0.4, -0.2) is 19.1 Å². The Morgan fingerprint density at radius 3 is 2.75 bits per heavy atom. The lowest BCUT2D eigenvalue weighted by Gasteiger charge is -2.20. The summed E-state index contributed by atoms with van der Waals surface area (Å²) in [6.07, 6.45) is 1.15. The molecular weight excluding hydrogens is 196 g/mol. The second kappa shape index (κ2) is 4.46. The molecule has 2 rings (SSSR count). The molecule has 0 fully saturated rings. The molecule has 1 aromatic carbocycles. The first-order valence-electron chi connectivity index (χ1n) is 6.10. The van der Waals surface area contributed by atoms with Gasteiger partial charge in [-0.2, -0.15) is 0 Å². The largest absolute Gasteiger partial charge is 0.380 e. The predicted molar refractivity (Wildman–Crippen MR) is 69.9 cm³/mol. The van der Waals surface area contributed by atoms with Crippen LogP contribution in [-0.2, 0) is 6.42 Å². The average Bonchev–Trinajstić information content (AvgIpc) is 2.57. The summed E-state index contributed by atoms with van der Waals surface area (Å²) in [5, 5.41) is 7.10. The Bertz CT molecular complexity index is 327. The first kappa shape index (κ1) is 11.5. The molecule has 0 radical (unpaired) electrons. The van der Waals surface area contributed by atoms with E-state index in [2.05, 4.69) is 55.7 Å². The molecule has 16 heavy (non-hydrogen) atoms. The summed E-state index contributed by atoms with van der Waals surface area (Å²) in [6.45, 7) is 8.90. The van der Waals surface area contributed by atoms with Crippen LogP contribution in [0.4, 0.5) is 5.69 Å². The molecule has 1 heterocycles. The number of nitrogens with one attached hydrogen (secondary N) is 2. The molecule has 88 valence electrons. The highest BCUT2D eigenvalue weighted by Crippen LogP contribution is 2.24. The Balaban J connectivity index is 1.79. The summed E-state index contributed by atoms with van der Waals surface area (Å²) in [6, 6.07) is 9.15. The number of anilines is 1. The normalized spacial score (nSPS) is 19.3. The van der Waals surface area contributed by atoms with Crippen molar-refractivity contribution in [2.75, 3.05) is 18.4 Å². The number of para-hydroxylation sites is 1. The summed E-state index contributed by atoms with van der Waals surface area (Å²) < 4.78 is 0. The van der Waals surface area contributed by atoms with E-state index in [4.69, 9.17) is 0 Å². The standard InChI is InChI=1S/C14H22N2/c1-14(2,3)10-15-9-12-8-11-6-4-5-7-13(11)16-12/h4-7,12,15-16H,8-10H2,1-3H3. The lowest BCUT2D eigenvalue weighted by atomic mass is 9.97. The molecule has 2 nitrogen and oxygen atoms in total. The molecule has 0 aromatic heterocycles. The molecule has 2 N–H and O–H groups in total. The fourth-order valence-electron chi connectivity index (χ4n) is 2.12. The highest BCUT2D eigenvalue weighted by molar-refractivity contribution is 5.56. The number of hydrogen-bond donors (Lipinski definition) is 2. The second-order valence-electron chi connectivity index (χ2n) is 5.89. The molecular formula is C14H22N2. The Labute approximate surface area is 98.4 Å². The van der Waals surface area contributed by atoms with Gasteiger partial charge in [-0.25, -0.2) is 0 Å². The van der Waals surface area contributed by atoms with E-state index in [0.29, 0.717) is 11.5 Å². The van der Waals surface area contributed by atoms with Gasteiger partial charge in [-0.05, 0) is 23.5 Å². The summed E-state index contributed by atoms with van der Waals surface area (Å²) >= 11 is 0. The van der Waals surface area contributed by atoms with E-state index in [0.717, 1.165) is 19.5 Å². The first-order valence-corrected chi connectivity index (χ1v) is 6.10. The van der Waals surface area contributed by atoms with Crippen LogP contribution in [0.5, 0.6) is 0 Å². The van der Waals surface area contributed by atoms with Gasteiger partial charge in [-0.1, -0.05) is 39.0 Å². The highest BCUT2D eigenvalue weighted by Gasteiger charge is 2.19. The Kier molecular flexibility index (Phi) is 3.20. The number of rotatable bonds is 3. The molecule has 1 aliphatic rings. The SMILES string of the molecule is CC(C)(C)CNCC1Cc2ccccc2N1. The van der Waals surface area contributed by atoms with Crippen molar-refractivity contribution < 1.29 is 0 Å². The minimum atomic E-state index is 0.367. The maximum Gasteiger partial charge on any atom is 0.0427 e. The van der Waals surface area contributed by atoms with E-state index < -0.39 is 0 Å². The third kappa shape index (κ3) is 2.99. The summed E-state index contributed by atoms with van der Waals surface area (Å²) in [7, 11) is 0. The van der Waals surface area contributed by atoms with Crippen LogP contribution in [0.25, 0.3) is 0 Å². The molecule has 0 amide bonds. The van der Waals surface area contributed by atoms with Crippen molar-refractivity contribution in [3.05, 3.63) is 29.8 Å². The molecule has 1 unspecified atom stereocenters. The molecule has 2 heteroatoms. The van der Waals surface area contributed by atoms with Crippen LogP contribution in [0.15, 0.2) is 24.3 Å². The van der Waals surface area contributed by atoms with Gasteiger partial charge in [-0.3, -0.25) is 0 Å². The van der Waals surface area contributed by atoms with E-state index in [1.54, 1.807) is 0 Å². The van der Waals surface area contributed by atoms with Gasteiger partial charge in [0.05, 0.1) is 0 Å². The van der Waals surface area contributed by atoms with Crippen molar-refractivity contribution in [3.8, 4) is 0 Å². The highest BCUT2D eigenvalue weighted by atomic mass is 15.0. The van der Waals surface area contributed by atoms with Crippen molar-refractivity contribution in [2.45, 2.75) is 33.2 Å². The van der Waals surface area contributed by atoms with E-state index in [-0.39, 0.29) is 0 Å². The molecule has 0 saturated heterocycles. The molecule has 1 aliphatic heterocycles. The molecule has 0 aliphatic carbocycles. The molecule has 1 atom stereocenters. The summed E-state index contributed by atoms with van der Waals surface area (Å²) in [5.74, 6) is 0. The zero-order chi connectivity index (χ0) is 11.6. The first-order chi connectivity index (χ1) is 7.54. The lowest BCUT2D eigenvalue weighted by Crippen LogP contribution is -2.36. The third-order valence-corrected chi connectivity index (χ3v) is 2.89. The van der Waals surface area contributed by atoms with Crippen molar-refractivity contribution in [3.63, 3.8) is 0 Å². The van der Waals surface area contributed by atoms with Crippen LogP contribution in [0.3, 0.4) is 0 Å². The maximum atomic E-state index is 3.56. The summed E-state index contributed by atoms with van der Waals surface area (Å²) in [5.41, 5.74) is 3.13. The lowest BCUT2D eigenvalue weighted by molar-refractivity contribution is 0.376. The molecule has 0 bridgehead atoms. The zero-order valence-electron chi connectivity index (χ0n) is 10.5. The minimum absolute atomic E-state index is 0.367. The van der Waals surface area contributed by atoms with Gasteiger partial charge >= 0.3 is 0 Å². The van der Waals surface area contributed by atoms with Gasteiger partial charge in [0, 0.05) is 24.8 Å². The van der Waals surface area contributed by atoms with E-state index in [1.807, 2.05) is 0 Å². The van der Waals surface area contributed by atoms with Crippen LogP contribution in [0.2, 0.25) is 0 Å². The second-order valence-corrected chi connectivity index (χ2v) is 5.89. The third-order valence-electron chi connectivity index (χ3n) is 2.89. The zero-order valence-corrected chi connectivity index (χ0v) is 10.5. The van der Waals surface area contributed by atoms with Crippen molar-refractivity contribution in [1.82, 2.24) is 5.32 Å². The fraction of sp³-hybridized carbons (Fsp3) is 0.571. The molecule has 1 aromatic rings. The fourth-order valence-corrected chi connectivity index (χ4v) is 2.12. The monoisotopic (exact) mass is 218 g/mol. The Morgan fingerprint density at radius 1 is 1.31 bits per heavy atom. The van der Waals surface area contributed by atoms with Crippen molar-refractivity contribution in [1.29, 1.82) is 0 Å².